The van der Waals surface area contributed by atoms with Gasteiger partial charge in [0.2, 0.25) is 5.91 Å². The second-order valence-corrected chi connectivity index (χ2v) is 7.77. The fourth-order valence-electron chi connectivity index (χ4n) is 2.72. The predicted molar refractivity (Wildman–Crippen MR) is 118 cm³/mol. The first-order chi connectivity index (χ1) is 14.5. The van der Waals surface area contributed by atoms with Gasteiger partial charge in [-0.1, -0.05) is 36.7 Å². The van der Waals surface area contributed by atoms with Crippen LogP contribution in [-0.4, -0.2) is 24.0 Å². The SMILES string of the molecule is CCCC(=O)Oc1ccc(CC(=O)Nc2nc(-c3ccc(Cl)cc3)cs2)cc1OC. The van der Waals surface area contributed by atoms with Gasteiger partial charge in [-0.25, -0.2) is 4.98 Å². The number of anilines is 1. The molecule has 0 bridgehead atoms. The Labute approximate surface area is 183 Å². The van der Waals surface area contributed by atoms with Crippen LogP contribution in [-0.2, 0) is 16.0 Å². The first-order valence-electron chi connectivity index (χ1n) is 9.37. The number of nitrogens with one attached hydrogen (secondary N) is 1. The maximum atomic E-state index is 12.4. The first kappa shape index (κ1) is 21.8. The van der Waals surface area contributed by atoms with Crippen molar-refractivity contribution in [2.75, 3.05) is 12.4 Å². The van der Waals surface area contributed by atoms with Crippen molar-refractivity contribution in [3.8, 4) is 22.8 Å². The molecule has 0 atom stereocenters. The van der Waals surface area contributed by atoms with Gasteiger partial charge in [-0.05, 0) is 36.2 Å². The van der Waals surface area contributed by atoms with Gasteiger partial charge < -0.3 is 14.8 Å². The third-order valence-corrected chi connectivity index (χ3v) is 5.17. The van der Waals surface area contributed by atoms with Gasteiger partial charge in [-0.2, -0.15) is 0 Å². The predicted octanol–water partition coefficient (Wildman–Crippen LogP) is 5.36. The van der Waals surface area contributed by atoms with Gasteiger partial charge in [0.1, 0.15) is 0 Å². The highest BCUT2D eigenvalue weighted by atomic mass is 35.5. The van der Waals surface area contributed by atoms with E-state index in [0.29, 0.717) is 34.5 Å². The Kier molecular flexibility index (Phi) is 7.43. The van der Waals surface area contributed by atoms with E-state index in [4.69, 9.17) is 21.1 Å². The summed E-state index contributed by atoms with van der Waals surface area (Å²) in [5.41, 5.74) is 2.43. The van der Waals surface area contributed by atoms with Crippen molar-refractivity contribution in [1.82, 2.24) is 4.98 Å². The maximum absolute atomic E-state index is 12.4. The summed E-state index contributed by atoms with van der Waals surface area (Å²) in [7, 11) is 1.49. The molecule has 0 saturated carbocycles. The number of rotatable bonds is 8. The lowest BCUT2D eigenvalue weighted by molar-refractivity contribution is -0.134. The minimum atomic E-state index is -0.318. The van der Waals surface area contributed by atoms with Crippen molar-refractivity contribution in [2.45, 2.75) is 26.2 Å². The van der Waals surface area contributed by atoms with E-state index in [1.165, 1.54) is 18.4 Å². The third-order valence-electron chi connectivity index (χ3n) is 4.16. The van der Waals surface area contributed by atoms with Crippen LogP contribution in [0.5, 0.6) is 11.5 Å². The number of hydrogen-bond acceptors (Lipinski definition) is 6. The molecule has 6 nitrogen and oxygen atoms in total. The molecule has 8 heteroatoms. The van der Waals surface area contributed by atoms with Crippen LogP contribution in [0.4, 0.5) is 5.13 Å². The number of halogens is 1. The molecule has 0 spiro atoms. The summed E-state index contributed by atoms with van der Waals surface area (Å²) in [6, 6.07) is 12.4. The zero-order chi connectivity index (χ0) is 21.5. The quantitative estimate of drug-likeness (QED) is 0.374. The molecule has 1 heterocycles. The van der Waals surface area contributed by atoms with E-state index in [1.807, 2.05) is 24.4 Å². The molecule has 1 amide bonds. The third kappa shape index (κ3) is 5.81. The average molecular weight is 445 g/mol. The van der Waals surface area contributed by atoms with E-state index in [1.54, 1.807) is 30.3 Å². The van der Waals surface area contributed by atoms with Crippen LogP contribution < -0.4 is 14.8 Å². The number of hydrogen-bond donors (Lipinski definition) is 1. The molecule has 1 aromatic heterocycles. The van der Waals surface area contributed by atoms with Crippen LogP contribution in [0.25, 0.3) is 11.3 Å². The standard InChI is InChI=1S/C22H21ClN2O4S/c1-3-4-21(27)29-18-10-5-14(11-19(18)28-2)12-20(26)25-22-24-17(13-30-22)15-6-8-16(23)9-7-15/h5-11,13H,3-4,12H2,1-2H3,(H,24,25,26). The van der Waals surface area contributed by atoms with E-state index in [0.717, 1.165) is 16.8 Å². The number of benzene rings is 2. The molecule has 0 radical (unpaired) electrons. The number of esters is 1. The van der Waals surface area contributed by atoms with Crippen LogP contribution in [0.3, 0.4) is 0 Å². The van der Waals surface area contributed by atoms with E-state index in [-0.39, 0.29) is 18.3 Å². The number of thiazole rings is 1. The topological polar surface area (TPSA) is 77.5 Å². The van der Waals surface area contributed by atoms with Gasteiger partial charge in [-0.15, -0.1) is 11.3 Å². The smallest absolute Gasteiger partial charge is 0.311 e. The van der Waals surface area contributed by atoms with Gasteiger partial charge >= 0.3 is 5.97 Å². The maximum Gasteiger partial charge on any atom is 0.311 e. The number of nitrogens with zero attached hydrogens (tertiary/aromatic N) is 1. The van der Waals surface area contributed by atoms with Crippen LogP contribution in [0.15, 0.2) is 47.8 Å². The fraction of sp³-hybridized carbons (Fsp3) is 0.227. The summed E-state index contributed by atoms with van der Waals surface area (Å²) in [4.78, 5) is 28.6. The molecular weight excluding hydrogens is 424 g/mol. The van der Waals surface area contributed by atoms with Crippen molar-refractivity contribution < 1.29 is 19.1 Å². The Morgan fingerprint density at radius 1 is 1.13 bits per heavy atom. The number of carbonyl (C=O) groups is 2. The van der Waals surface area contributed by atoms with Crippen molar-refractivity contribution in [2.24, 2.45) is 0 Å². The summed E-state index contributed by atoms with van der Waals surface area (Å²) in [5.74, 6) is 0.225. The lowest BCUT2D eigenvalue weighted by Crippen LogP contribution is -2.14. The summed E-state index contributed by atoms with van der Waals surface area (Å²) in [6.07, 6.45) is 1.17. The van der Waals surface area contributed by atoms with Crippen molar-refractivity contribution in [3.63, 3.8) is 0 Å². The molecule has 0 saturated heterocycles. The van der Waals surface area contributed by atoms with Crippen LogP contribution in [0.2, 0.25) is 5.02 Å². The van der Waals surface area contributed by atoms with Crippen LogP contribution >= 0.6 is 22.9 Å². The van der Waals surface area contributed by atoms with Crippen LogP contribution in [0, 0.1) is 0 Å². The van der Waals surface area contributed by atoms with E-state index >= 15 is 0 Å². The summed E-state index contributed by atoms with van der Waals surface area (Å²) < 4.78 is 10.6. The van der Waals surface area contributed by atoms with E-state index < -0.39 is 0 Å². The molecule has 30 heavy (non-hydrogen) atoms. The van der Waals surface area contributed by atoms with Gasteiger partial charge in [0.15, 0.2) is 16.6 Å². The van der Waals surface area contributed by atoms with Crippen molar-refractivity contribution in [1.29, 1.82) is 0 Å². The zero-order valence-electron chi connectivity index (χ0n) is 16.6. The Morgan fingerprint density at radius 3 is 2.60 bits per heavy atom. The highest BCUT2D eigenvalue weighted by Gasteiger charge is 2.13. The molecule has 3 aromatic rings. The Morgan fingerprint density at radius 2 is 1.90 bits per heavy atom. The summed E-state index contributed by atoms with van der Waals surface area (Å²) in [5, 5.41) is 5.86. The Bertz CT molecular complexity index is 1030. The first-order valence-corrected chi connectivity index (χ1v) is 10.6. The molecule has 1 N–H and O–H groups in total. The highest BCUT2D eigenvalue weighted by Crippen LogP contribution is 2.29. The number of amides is 1. The number of ether oxygens (including phenoxy) is 2. The van der Waals surface area contributed by atoms with E-state index in [2.05, 4.69) is 10.3 Å². The van der Waals surface area contributed by atoms with Gasteiger partial charge in [0.25, 0.3) is 0 Å². The second-order valence-electron chi connectivity index (χ2n) is 6.48. The Balaban J connectivity index is 1.63. The molecule has 0 aliphatic rings. The summed E-state index contributed by atoms with van der Waals surface area (Å²) in [6.45, 7) is 1.90. The molecule has 2 aromatic carbocycles. The van der Waals surface area contributed by atoms with Gasteiger partial charge in [0, 0.05) is 22.4 Å². The van der Waals surface area contributed by atoms with E-state index in [9.17, 15) is 9.59 Å². The number of carbonyl (C=O) groups excluding carboxylic acids is 2. The average Bonchev–Trinajstić information content (AvgIpc) is 3.18. The molecule has 0 aliphatic carbocycles. The van der Waals surface area contributed by atoms with Crippen LogP contribution in [0.1, 0.15) is 25.3 Å². The fourth-order valence-corrected chi connectivity index (χ4v) is 3.58. The monoisotopic (exact) mass is 444 g/mol. The second kappa shape index (κ2) is 10.2. The zero-order valence-corrected chi connectivity index (χ0v) is 18.2. The minimum Gasteiger partial charge on any atom is -0.493 e. The molecular formula is C22H21ClN2O4S. The lowest BCUT2D eigenvalue weighted by atomic mass is 10.1. The molecule has 156 valence electrons. The molecule has 0 aliphatic heterocycles. The summed E-state index contributed by atoms with van der Waals surface area (Å²) >= 11 is 7.26. The molecule has 0 fully saturated rings. The minimum absolute atomic E-state index is 0.134. The largest absolute Gasteiger partial charge is 0.493 e. The van der Waals surface area contributed by atoms with Crippen molar-refractivity contribution >= 4 is 39.9 Å². The lowest BCUT2D eigenvalue weighted by Gasteiger charge is -2.10. The van der Waals surface area contributed by atoms with Gasteiger partial charge in [-0.3, -0.25) is 9.59 Å². The Hall–Kier alpha value is -2.90. The highest BCUT2D eigenvalue weighted by molar-refractivity contribution is 7.14. The number of aromatic nitrogens is 1. The normalized spacial score (nSPS) is 10.5. The molecule has 3 rings (SSSR count). The number of methoxy groups -OCH3 is 1. The molecule has 0 unspecified atom stereocenters. The van der Waals surface area contributed by atoms with Gasteiger partial charge in [0.05, 0.1) is 19.2 Å². The van der Waals surface area contributed by atoms with Crippen molar-refractivity contribution in [3.05, 3.63) is 58.4 Å².